The first-order valence-electron chi connectivity index (χ1n) is 14.1. The van der Waals surface area contributed by atoms with Gasteiger partial charge in [-0.3, -0.25) is 14.5 Å². The highest BCUT2D eigenvalue weighted by Crippen LogP contribution is 2.42. The molecule has 40 heavy (non-hydrogen) atoms. The quantitative estimate of drug-likeness (QED) is 0.263. The second kappa shape index (κ2) is 11.7. The number of aromatic hydroxyl groups is 1. The van der Waals surface area contributed by atoms with Crippen LogP contribution >= 0.6 is 0 Å². The standard InChI is InChI=1S/C32H38N4O4/c1-4-21(2)28(31-33-24-12-8-9-13-25(24)34-31)35-27(38)19-32(30-29(39)26(37)18-22(3)40-30)14-16-36(17-15-32)20-23-10-6-5-7-11-23/h5-13,18,21,28,39H,4,14-17,19-20H2,1-3H3,(H,33,34)(H,35,38)/t21-,28-/m0/s1. The van der Waals surface area contributed by atoms with Crippen LogP contribution in [0.3, 0.4) is 0 Å². The van der Waals surface area contributed by atoms with E-state index in [0.29, 0.717) is 31.7 Å². The summed E-state index contributed by atoms with van der Waals surface area (Å²) in [5, 5.41) is 14.1. The second-order valence-corrected chi connectivity index (χ2v) is 11.2. The van der Waals surface area contributed by atoms with Gasteiger partial charge in [-0.25, -0.2) is 4.98 Å². The summed E-state index contributed by atoms with van der Waals surface area (Å²) < 4.78 is 6.02. The van der Waals surface area contributed by atoms with Crippen LogP contribution < -0.4 is 10.7 Å². The Bertz CT molecular complexity index is 1490. The Labute approximate surface area is 234 Å². The number of nitrogens with zero attached hydrogens (tertiary/aromatic N) is 2. The Balaban J connectivity index is 1.41. The Kier molecular flexibility index (Phi) is 8.07. The van der Waals surface area contributed by atoms with Gasteiger partial charge < -0.3 is 19.8 Å². The second-order valence-electron chi connectivity index (χ2n) is 11.2. The molecule has 2 aromatic carbocycles. The van der Waals surface area contributed by atoms with Gasteiger partial charge in [0.05, 0.1) is 17.1 Å². The molecule has 5 rings (SSSR count). The summed E-state index contributed by atoms with van der Waals surface area (Å²) in [7, 11) is 0. The van der Waals surface area contributed by atoms with E-state index in [0.717, 1.165) is 29.8 Å². The van der Waals surface area contributed by atoms with E-state index < -0.39 is 16.6 Å². The summed E-state index contributed by atoms with van der Waals surface area (Å²) in [6.45, 7) is 8.10. The van der Waals surface area contributed by atoms with E-state index in [9.17, 15) is 14.7 Å². The summed E-state index contributed by atoms with van der Waals surface area (Å²) in [4.78, 5) is 36.9. The van der Waals surface area contributed by atoms with Crippen LogP contribution in [0.1, 0.15) is 68.5 Å². The number of aryl methyl sites for hydroxylation is 1. The van der Waals surface area contributed by atoms with Crippen molar-refractivity contribution in [1.29, 1.82) is 0 Å². The Morgan fingerprint density at radius 1 is 1.15 bits per heavy atom. The predicted molar refractivity (Wildman–Crippen MR) is 155 cm³/mol. The minimum atomic E-state index is -0.805. The molecular weight excluding hydrogens is 504 g/mol. The lowest BCUT2D eigenvalue weighted by atomic mass is 9.72. The normalized spacial score (nSPS) is 17.0. The van der Waals surface area contributed by atoms with Crippen molar-refractivity contribution in [3.8, 4) is 5.75 Å². The van der Waals surface area contributed by atoms with Gasteiger partial charge in [-0.2, -0.15) is 0 Å². The molecule has 0 unspecified atom stereocenters. The van der Waals surface area contributed by atoms with E-state index in [1.165, 1.54) is 11.6 Å². The summed E-state index contributed by atoms with van der Waals surface area (Å²) in [5.74, 6) is 0.940. The van der Waals surface area contributed by atoms with E-state index >= 15 is 0 Å². The number of hydrogen-bond acceptors (Lipinski definition) is 6. The fourth-order valence-corrected chi connectivity index (χ4v) is 5.80. The van der Waals surface area contributed by atoms with Gasteiger partial charge in [0, 0.05) is 24.4 Å². The largest absolute Gasteiger partial charge is 0.502 e. The number of fused-ring (bicyclic) bond motifs is 1. The molecule has 0 bridgehead atoms. The van der Waals surface area contributed by atoms with E-state index in [1.54, 1.807) is 6.92 Å². The molecule has 0 radical (unpaired) electrons. The number of amides is 1. The molecule has 8 heteroatoms. The zero-order chi connectivity index (χ0) is 28.3. The lowest BCUT2D eigenvalue weighted by Gasteiger charge is -2.41. The molecule has 0 spiro atoms. The molecule has 2 atom stereocenters. The molecule has 2 aromatic heterocycles. The van der Waals surface area contributed by atoms with Crippen LogP contribution in [0.25, 0.3) is 11.0 Å². The number of imidazole rings is 1. The van der Waals surface area contributed by atoms with Crippen molar-refractivity contribution >= 4 is 16.9 Å². The Hall–Kier alpha value is -3.91. The lowest BCUT2D eigenvalue weighted by molar-refractivity contribution is -0.124. The summed E-state index contributed by atoms with van der Waals surface area (Å²) in [6, 6.07) is 19.1. The molecule has 8 nitrogen and oxygen atoms in total. The zero-order valence-electron chi connectivity index (χ0n) is 23.4. The van der Waals surface area contributed by atoms with E-state index in [4.69, 9.17) is 9.40 Å². The first-order chi connectivity index (χ1) is 19.3. The summed E-state index contributed by atoms with van der Waals surface area (Å²) in [6.07, 6.45) is 2.10. The van der Waals surface area contributed by atoms with Crippen molar-refractivity contribution in [3.05, 3.63) is 93.8 Å². The monoisotopic (exact) mass is 542 g/mol. The van der Waals surface area contributed by atoms with Gasteiger partial charge in [0.2, 0.25) is 17.1 Å². The Morgan fingerprint density at radius 2 is 1.85 bits per heavy atom. The number of likely N-dealkylation sites (tertiary alicyclic amines) is 1. The lowest BCUT2D eigenvalue weighted by Crippen LogP contribution is -2.46. The first kappa shape index (κ1) is 27.6. The van der Waals surface area contributed by atoms with Gasteiger partial charge in [-0.15, -0.1) is 0 Å². The molecule has 1 saturated heterocycles. The number of para-hydroxylation sites is 2. The third kappa shape index (κ3) is 5.82. The van der Waals surface area contributed by atoms with Gasteiger partial charge in [0.25, 0.3) is 0 Å². The van der Waals surface area contributed by atoms with Gasteiger partial charge in [-0.1, -0.05) is 62.7 Å². The number of hydrogen-bond donors (Lipinski definition) is 3. The highest BCUT2D eigenvalue weighted by Gasteiger charge is 2.43. The minimum absolute atomic E-state index is 0.0965. The van der Waals surface area contributed by atoms with E-state index in [1.807, 2.05) is 42.5 Å². The van der Waals surface area contributed by atoms with Crippen molar-refractivity contribution in [2.24, 2.45) is 5.92 Å². The van der Waals surface area contributed by atoms with E-state index in [-0.39, 0.29) is 30.0 Å². The van der Waals surface area contributed by atoms with Crippen molar-refractivity contribution < 1.29 is 14.3 Å². The maximum absolute atomic E-state index is 13.8. The maximum atomic E-state index is 13.8. The molecule has 0 saturated carbocycles. The number of H-pyrrole nitrogens is 1. The molecule has 3 heterocycles. The van der Waals surface area contributed by atoms with Crippen LogP contribution in [0.4, 0.5) is 0 Å². The number of benzene rings is 2. The fraction of sp³-hybridized carbons (Fsp3) is 0.406. The highest BCUT2D eigenvalue weighted by molar-refractivity contribution is 5.79. The third-order valence-electron chi connectivity index (χ3n) is 8.32. The summed E-state index contributed by atoms with van der Waals surface area (Å²) in [5.41, 5.74) is 1.72. The van der Waals surface area contributed by atoms with Gasteiger partial charge in [0.15, 0.2) is 5.76 Å². The van der Waals surface area contributed by atoms with Crippen molar-refractivity contribution in [1.82, 2.24) is 20.2 Å². The average Bonchev–Trinajstić information content (AvgIpc) is 3.39. The maximum Gasteiger partial charge on any atom is 0.227 e. The molecule has 4 aromatic rings. The number of piperidine rings is 1. The number of carbonyl (C=O) groups is 1. The minimum Gasteiger partial charge on any atom is -0.502 e. The highest BCUT2D eigenvalue weighted by atomic mass is 16.4. The Morgan fingerprint density at radius 3 is 2.55 bits per heavy atom. The molecule has 3 N–H and O–H groups in total. The van der Waals surface area contributed by atoms with Gasteiger partial charge in [0.1, 0.15) is 11.6 Å². The summed E-state index contributed by atoms with van der Waals surface area (Å²) >= 11 is 0. The molecular formula is C32H38N4O4. The van der Waals surface area contributed by atoms with Crippen LogP contribution in [0, 0.1) is 12.8 Å². The average molecular weight is 543 g/mol. The van der Waals surface area contributed by atoms with Crippen molar-refractivity contribution in [2.75, 3.05) is 13.1 Å². The third-order valence-corrected chi connectivity index (χ3v) is 8.32. The van der Waals surface area contributed by atoms with Crippen LogP contribution in [-0.4, -0.2) is 39.0 Å². The molecule has 210 valence electrons. The van der Waals surface area contributed by atoms with Gasteiger partial charge >= 0.3 is 0 Å². The number of aromatic amines is 1. The predicted octanol–water partition coefficient (Wildman–Crippen LogP) is 5.36. The smallest absolute Gasteiger partial charge is 0.227 e. The number of nitrogens with one attached hydrogen (secondary N) is 2. The molecule has 1 aliphatic heterocycles. The van der Waals surface area contributed by atoms with Crippen LogP contribution in [0.2, 0.25) is 0 Å². The van der Waals surface area contributed by atoms with Crippen LogP contribution in [-0.2, 0) is 16.8 Å². The number of rotatable bonds is 9. The van der Waals surface area contributed by atoms with Crippen LogP contribution in [0.15, 0.2) is 69.9 Å². The molecule has 1 aliphatic rings. The fourth-order valence-electron chi connectivity index (χ4n) is 5.80. The van der Waals surface area contributed by atoms with Crippen LogP contribution in [0.5, 0.6) is 5.75 Å². The zero-order valence-corrected chi connectivity index (χ0v) is 23.4. The van der Waals surface area contributed by atoms with E-state index in [2.05, 4.69) is 41.2 Å². The van der Waals surface area contributed by atoms with Gasteiger partial charge in [-0.05, 0) is 56.5 Å². The number of aromatic nitrogens is 2. The topological polar surface area (TPSA) is 111 Å². The van der Waals surface area contributed by atoms with Crippen molar-refractivity contribution in [2.45, 2.75) is 64.5 Å². The van der Waals surface area contributed by atoms with Crippen molar-refractivity contribution in [3.63, 3.8) is 0 Å². The molecule has 1 amide bonds. The first-order valence-corrected chi connectivity index (χ1v) is 14.1. The SMILES string of the molecule is CC[C@H](C)[C@H](NC(=O)CC1(c2oc(C)cc(=O)c2O)CCN(Cc2ccccc2)CC1)c1nc2ccccc2[nH]1. The molecule has 0 aliphatic carbocycles. The number of carbonyl (C=O) groups excluding carboxylic acids is 1. The molecule has 1 fully saturated rings.